The maximum atomic E-state index is 11.8. The normalized spacial score (nSPS) is 13.0. The molecule has 0 heterocycles. The highest BCUT2D eigenvalue weighted by molar-refractivity contribution is 7.99. The molecule has 0 aromatic rings. The molecule has 0 aliphatic carbocycles. The van der Waals surface area contributed by atoms with Crippen molar-refractivity contribution in [2.75, 3.05) is 58.2 Å². The summed E-state index contributed by atoms with van der Waals surface area (Å²) in [7, 11) is -2.33. The van der Waals surface area contributed by atoms with Gasteiger partial charge in [-0.25, -0.2) is 13.2 Å². The van der Waals surface area contributed by atoms with E-state index in [0.29, 0.717) is 37.1 Å². The lowest BCUT2D eigenvalue weighted by atomic mass is 10.2. The predicted molar refractivity (Wildman–Crippen MR) is 112 cm³/mol. The fourth-order valence-electron chi connectivity index (χ4n) is 2.17. The Hall–Kier alpha value is -0.903. The molecular formula is C15H32N3O8S2Si-. The van der Waals surface area contributed by atoms with Gasteiger partial charge in [-0.05, 0) is 6.42 Å². The first-order valence-corrected chi connectivity index (χ1v) is 13.7. The van der Waals surface area contributed by atoms with Crippen LogP contribution >= 0.6 is 11.8 Å². The van der Waals surface area contributed by atoms with Gasteiger partial charge >= 0.3 is 14.8 Å². The van der Waals surface area contributed by atoms with Crippen molar-refractivity contribution in [3.63, 3.8) is 0 Å². The third-order valence-electron chi connectivity index (χ3n) is 3.88. The minimum absolute atomic E-state index is 0.190. The maximum absolute atomic E-state index is 11.8. The number of nitrogens with one attached hydrogen (secondary N) is 3. The van der Waals surface area contributed by atoms with Crippen molar-refractivity contribution < 1.29 is 35.8 Å². The summed E-state index contributed by atoms with van der Waals surface area (Å²) in [5.41, 5.74) is 0. The zero-order chi connectivity index (χ0) is 22.3. The second-order valence-electron chi connectivity index (χ2n) is 6.11. The first-order valence-electron chi connectivity index (χ1n) is 9.05. The van der Waals surface area contributed by atoms with Crippen LogP contribution in [0.5, 0.6) is 0 Å². The van der Waals surface area contributed by atoms with Crippen molar-refractivity contribution >= 4 is 42.6 Å². The molecule has 0 radical (unpaired) electrons. The van der Waals surface area contributed by atoms with Gasteiger partial charge in [-0.3, -0.25) is 4.79 Å². The Balaban J connectivity index is 3.79. The molecule has 14 heteroatoms. The molecule has 1 atom stereocenters. The smallest absolute Gasteiger partial charge is 0.500 e. The van der Waals surface area contributed by atoms with Crippen LogP contribution in [0.3, 0.4) is 0 Å². The van der Waals surface area contributed by atoms with Crippen molar-refractivity contribution in [2.45, 2.75) is 19.4 Å². The van der Waals surface area contributed by atoms with Gasteiger partial charge in [0.15, 0.2) is 0 Å². The van der Waals surface area contributed by atoms with E-state index < -0.39 is 24.7 Å². The molecule has 0 aliphatic rings. The van der Waals surface area contributed by atoms with E-state index in [1.165, 1.54) is 11.8 Å². The second-order valence-corrected chi connectivity index (χ2v) is 11.9. The number of rotatable bonds is 16. The molecule has 0 bridgehead atoms. The summed E-state index contributed by atoms with van der Waals surface area (Å²) in [5, 5.41) is 7.87. The quantitative estimate of drug-likeness (QED) is 0.154. The summed E-state index contributed by atoms with van der Waals surface area (Å²) in [6.45, 7) is 2.41. The number of thioether (sulfide) groups is 1. The van der Waals surface area contributed by atoms with Crippen LogP contribution < -0.4 is 16.0 Å². The monoisotopic (exact) mass is 474 g/mol. The van der Waals surface area contributed by atoms with Gasteiger partial charge in [0, 0.05) is 64.4 Å². The Kier molecular flexibility index (Phi) is 14.5. The van der Waals surface area contributed by atoms with Crippen molar-refractivity contribution in [3.8, 4) is 0 Å². The lowest BCUT2D eigenvalue weighted by molar-refractivity contribution is -0.123. The second kappa shape index (κ2) is 15.0. The highest BCUT2D eigenvalue weighted by Crippen LogP contribution is 2.14. The summed E-state index contributed by atoms with van der Waals surface area (Å²) < 4.78 is 47.4. The Morgan fingerprint density at radius 1 is 1.03 bits per heavy atom. The summed E-state index contributed by atoms with van der Waals surface area (Å²) >= 11 is 1.48. The summed E-state index contributed by atoms with van der Waals surface area (Å²) in [4.78, 5) is 23.5. The maximum Gasteiger partial charge on any atom is 0.500 e. The van der Waals surface area contributed by atoms with Gasteiger partial charge in [-0.2, -0.15) is 11.8 Å². The molecule has 0 fully saturated rings. The first-order chi connectivity index (χ1) is 13.6. The molecule has 0 saturated heterocycles. The van der Waals surface area contributed by atoms with Gasteiger partial charge in [-0.15, -0.1) is 0 Å². The molecule has 0 aliphatic heterocycles. The number of carbonyl (C=O) groups is 2. The lowest BCUT2D eigenvalue weighted by Gasteiger charge is -2.24. The van der Waals surface area contributed by atoms with Crippen molar-refractivity contribution in [1.82, 2.24) is 16.0 Å². The molecule has 3 N–H and O–H groups in total. The third-order valence-corrected chi connectivity index (χ3v) is 8.64. The standard InChI is InChI=1S/C15H33N3O8S2Si/c1-13(14(19)16-8-10-28(21,22)23)12-27-9-7-18-15(20)17-6-5-11-29(24-2,25-3)26-4/h13H,5-12H2,1-4H3,(H,16,19)(H2,17,18,20)(H,21,22,23)/p-1. The Morgan fingerprint density at radius 3 is 2.17 bits per heavy atom. The van der Waals surface area contributed by atoms with Crippen LogP contribution in [0.25, 0.3) is 0 Å². The third kappa shape index (κ3) is 13.9. The number of urea groups is 1. The van der Waals surface area contributed by atoms with Crippen LogP contribution in [-0.2, 0) is 28.2 Å². The molecular weight excluding hydrogens is 442 g/mol. The molecule has 0 rings (SSSR count). The van der Waals surface area contributed by atoms with E-state index in [1.54, 1.807) is 28.3 Å². The highest BCUT2D eigenvalue weighted by atomic mass is 32.2. The molecule has 1 unspecified atom stereocenters. The SMILES string of the molecule is CO[Si](CCCNC(=O)NCCSCC(C)C(=O)NCCS(=O)(=O)[O-])(OC)OC. The van der Waals surface area contributed by atoms with Gasteiger partial charge in [0.1, 0.15) is 0 Å². The van der Waals surface area contributed by atoms with Crippen LogP contribution in [0.4, 0.5) is 4.79 Å². The van der Waals surface area contributed by atoms with E-state index in [0.717, 1.165) is 0 Å². The summed E-state index contributed by atoms with van der Waals surface area (Å²) in [6.07, 6.45) is 0.657. The topological polar surface area (TPSA) is 155 Å². The van der Waals surface area contributed by atoms with Crippen LogP contribution in [0.15, 0.2) is 0 Å². The van der Waals surface area contributed by atoms with Gasteiger partial charge in [0.2, 0.25) is 5.91 Å². The fraction of sp³-hybridized carbons (Fsp3) is 0.867. The predicted octanol–water partition coefficient (Wildman–Crippen LogP) is -0.415. The molecule has 0 saturated carbocycles. The van der Waals surface area contributed by atoms with Crippen LogP contribution in [0.1, 0.15) is 13.3 Å². The van der Waals surface area contributed by atoms with Gasteiger partial charge in [0.25, 0.3) is 0 Å². The van der Waals surface area contributed by atoms with Crippen molar-refractivity contribution in [1.29, 1.82) is 0 Å². The lowest BCUT2D eigenvalue weighted by Crippen LogP contribution is -2.44. The van der Waals surface area contributed by atoms with Gasteiger partial charge in [-0.1, -0.05) is 6.92 Å². The van der Waals surface area contributed by atoms with Gasteiger partial charge in [0.05, 0.1) is 15.9 Å². The Morgan fingerprint density at radius 2 is 1.62 bits per heavy atom. The number of hydrogen-bond acceptors (Lipinski definition) is 9. The summed E-state index contributed by atoms with van der Waals surface area (Å²) in [6, 6.07) is 0.308. The molecule has 0 aromatic carbocycles. The van der Waals surface area contributed by atoms with Crippen molar-refractivity contribution in [2.24, 2.45) is 5.92 Å². The molecule has 172 valence electrons. The van der Waals surface area contributed by atoms with Crippen LogP contribution in [0.2, 0.25) is 6.04 Å². The zero-order valence-electron chi connectivity index (χ0n) is 17.3. The van der Waals surface area contributed by atoms with E-state index in [4.69, 9.17) is 13.3 Å². The van der Waals surface area contributed by atoms with Crippen LogP contribution in [0, 0.1) is 5.92 Å². The number of amides is 3. The van der Waals surface area contributed by atoms with E-state index in [-0.39, 0.29) is 24.4 Å². The summed E-state index contributed by atoms with van der Waals surface area (Å²) in [5.74, 6) is -0.141. The first kappa shape index (κ1) is 28.1. The Bertz CT molecular complexity index is 582. The Labute approximate surface area is 178 Å². The minimum Gasteiger partial charge on any atom is -0.748 e. The average Bonchev–Trinajstić information content (AvgIpc) is 2.67. The minimum atomic E-state index is -4.33. The van der Waals surface area contributed by atoms with E-state index in [2.05, 4.69) is 16.0 Å². The molecule has 29 heavy (non-hydrogen) atoms. The van der Waals surface area contributed by atoms with E-state index in [9.17, 15) is 22.6 Å². The molecule has 3 amide bonds. The van der Waals surface area contributed by atoms with Crippen LogP contribution in [-0.4, -0.2) is 91.9 Å². The zero-order valence-corrected chi connectivity index (χ0v) is 19.9. The largest absolute Gasteiger partial charge is 0.748 e. The van der Waals surface area contributed by atoms with E-state index in [1.807, 2.05) is 0 Å². The highest BCUT2D eigenvalue weighted by Gasteiger charge is 2.36. The van der Waals surface area contributed by atoms with Crippen molar-refractivity contribution in [3.05, 3.63) is 0 Å². The van der Waals surface area contributed by atoms with Gasteiger partial charge < -0.3 is 33.8 Å². The average molecular weight is 475 g/mol. The van der Waals surface area contributed by atoms with E-state index >= 15 is 0 Å². The molecule has 0 spiro atoms. The molecule has 11 nitrogen and oxygen atoms in total. The number of carbonyl (C=O) groups excluding carboxylic acids is 2. The fourth-order valence-corrected chi connectivity index (χ4v) is 5.16. The number of hydrogen-bond donors (Lipinski definition) is 3. The molecule has 0 aromatic heterocycles.